The van der Waals surface area contributed by atoms with Crippen molar-refractivity contribution in [2.45, 2.75) is 79.9 Å². The van der Waals surface area contributed by atoms with E-state index >= 15 is 0 Å². The van der Waals surface area contributed by atoms with Crippen molar-refractivity contribution in [2.24, 2.45) is 33.5 Å². The molecule has 0 amide bonds. The Morgan fingerprint density at radius 2 is 1.75 bits per heavy atom. The van der Waals surface area contributed by atoms with E-state index in [-0.39, 0.29) is 28.6 Å². The summed E-state index contributed by atoms with van der Waals surface area (Å²) in [5.41, 5.74) is -2.23. The van der Waals surface area contributed by atoms with E-state index in [0.717, 1.165) is 0 Å². The van der Waals surface area contributed by atoms with Crippen molar-refractivity contribution in [3.63, 3.8) is 0 Å². The molecule has 2 saturated carbocycles. The molecule has 158 valence electrons. The molecule has 6 unspecified atom stereocenters. The van der Waals surface area contributed by atoms with E-state index in [2.05, 4.69) is 41.5 Å². The Morgan fingerprint density at radius 1 is 1.14 bits per heavy atom. The summed E-state index contributed by atoms with van der Waals surface area (Å²) in [6.45, 7) is 14.5. The Bertz CT molecular complexity index is 699. The summed E-state index contributed by atoms with van der Waals surface area (Å²) >= 11 is 0. The van der Waals surface area contributed by atoms with Crippen molar-refractivity contribution in [3.8, 4) is 0 Å². The molecule has 0 aromatic rings. The quantitative estimate of drug-likeness (QED) is 0.412. The Morgan fingerprint density at radius 3 is 2.25 bits per heavy atom. The molecule has 3 fully saturated rings. The molecule has 0 aromatic carbocycles. The van der Waals surface area contributed by atoms with Gasteiger partial charge in [-0.05, 0) is 37.0 Å². The second kappa shape index (κ2) is 6.20. The van der Waals surface area contributed by atoms with Gasteiger partial charge in [0.1, 0.15) is 12.2 Å². The minimum absolute atomic E-state index is 0.0460. The third-order valence-electron chi connectivity index (χ3n) is 7.35. The van der Waals surface area contributed by atoms with Crippen LogP contribution in [0.15, 0.2) is 0 Å². The number of fused-ring (bicyclic) bond motifs is 1. The average Bonchev–Trinajstić information content (AvgIpc) is 3.13. The van der Waals surface area contributed by atoms with Crippen LogP contribution in [-0.4, -0.2) is 37.2 Å². The molecule has 3 rings (SSSR count). The molecule has 28 heavy (non-hydrogen) atoms. The first-order chi connectivity index (χ1) is 12.7. The Balaban J connectivity index is 1.83. The SMILES string of the molecule is COC(=O)C12CC3CC1C(OC2=O)C3OC(=O)C(C)(CC(C)(C)C)C(C)(C)C. The zero-order valence-corrected chi connectivity index (χ0v) is 18.4. The lowest BCUT2D eigenvalue weighted by atomic mass is 9.61. The second-order valence-corrected chi connectivity index (χ2v) is 11.3. The van der Waals surface area contributed by atoms with Gasteiger partial charge in [0.25, 0.3) is 0 Å². The maximum absolute atomic E-state index is 13.4. The number of esters is 3. The monoisotopic (exact) mass is 394 g/mol. The fourth-order valence-electron chi connectivity index (χ4n) is 5.57. The lowest BCUT2D eigenvalue weighted by Gasteiger charge is -2.44. The Labute approximate surface area is 167 Å². The van der Waals surface area contributed by atoms with Crippen molar-refractivity contribution in [3.05, 3.63) is 0 Å². The van der Waals surface area contributed by atoms with E-state index in [1.54, 1.807) is 0 Å². The van der Waals surface area contributed by atoms with Crippen LogP contribution in [0.5, 0.6) is 0 Å². The third-order valence-corrected chi connectivity index (χ3v) is 7.35. The summed E-state index contributed by atoms with van der Waals surface area (Å²) < 4.78 is 16.5. The van der Waals surface area contributed by atoms with Gasteiger partial charge in [-0.15, -0.1) is 0 Å². The van der Waals surface area contributed by atoms with E-state index in [4.69, 9.17) is 14.2 Å². The van der Waals surface area contributed by atoms with Gasteiger partial charge < -0.3 is 14.2 Å². The molecule has 6 atom stereocenters. The highest BCUT2D eigenvalue weighted by Gasteiger charge is 2.75. The van der Waals surface area contributed by atoms with Gasteiger partial charge in [0, 0.05) is 11.8 Å². The van der Waals surface area contributed by atoms with Gasteiger partial charge >= 0.3 is 17.9 Å². The summed E-state index contributed by atoms with van der Waals surface area (Å²) in [7, 11) is 1.29. The molecule has 6 heteroatoms. The van der Waals surface area contributed by atoms with Crippen molar-refractivity contribution >= 4 is 17.9 Å². The fraction of sp³-hybridized carbons (Fsp3) is 0.864. The van der Waals surface area contributed by atoms with Gasteiger partial charge in [0.05, 0.1) is 12.5 Å². The number of hydrogen-bond donors (Lipinski definition) is 0. The molecule has 1 aliphatic heterocycles. The van der Waals surface area contributed by atoms with Gasteiger partial charge in [-0.1, -0.05) is 41.5 Å². The minimum atomic E-state index is -1.20. The van der Waals surface area contributed by atoms with Crippen LogP contribution in [0.2, 0.25) is 0 Å². The van der Waals surface area contributed by atoms with Crippen LogP contribution in [0.3, 0.4) is 0 Å². The molecule has 2 bridgehead atoms. The van der Waals surface area contributed by atoms with E-state index in [9.17, 15) is 14.4 Å². The van der Waals surface area contributed by atoms with E-state index < -0.39 is 35.0 Å². The molecule has 0 spiro atoms. The van der Waals surface area contributed by atoms with Gasteiger partial charge in [0.2, 0.25) is 0 Å². The first-order valence-corrected chi connectivity index (χ1v) is 10.2. The molecule has 0 N–H and O–H groups in total. The van der Waals surface area contributed by atoms with Crippen LogP contribution in [-0.2, 0) is 28.6 Å². The van der Waals surface area contributed by atoms with Crippen molar-refractivity contribution in [1.82, 2.24) is 0 Å². The van der Waals surface area contributed by atoms with Gasteiger partial charge in [-0.2, -0.15) is 0 Å². The number of carbonyl (C=O) groups is 3. The summed E-state index contributed by atoms with van der Waals surface area (Å²) in [6.07, 6.45) is 0.633. The van der Waals surface area contributed by atoms with Gasteiger partial charge in [-0.3, -0.25) is 14.4 Å². The summed E-state index contributed by atoms with van der Waals surface area (Å²) in [5.74, 6) is -1.62. The molecular weight excluding hydrogens is 360 g/mol. The Hall–Kier alpha value is -1.59. The highest BCUT2D eigenvalue weighted by atomic mass is 16.6. The first-order valence-electron chi connectivity index (χ1n) is 10.2. The largest absolute Gasteiger partial charge is 0.468 e. The zero-order valence-electron chi connectivity index (χ0n) is 18.4. The van der Waals surface area contributed by atoms with Crippen LogP contribution in [0.4, 0.5) is 0 Å². The molecule has 0 radical (unpaired) electrons. The molecular formula is C22H34O6. The third kappa shape index (κ3) is 2.86. The van der Waals surface area contributed by atoms with Crippen LogP contribution in [0, 0.1) is 33.5 Å². The molecule has 2 aliphatic carbocycles. The maximum atomic E-state index is 13.4. The molecule has 1 heterocycles. The molecule has 0 aromatic heterocycles. The van der Waals surface area contributed by atoms with Crippen molar-refractivity contribution in [2.75, 3.05) is 7.11 Å². The smallest absolute Gasteiger partial charge is 0.324 e. The lowest BCUT2D eigenvalue weighted by molar-refractivity contribution is -0.180. The van der Waals surface area contributed by atoms with Crippen LogP contribution >= 0.6 is 0 Å². The normalized spacial score (nSPS) is 36.1. The number of rotatable bonds is 4. The second-order valence-electron chi connectivity index (χ2n) is 11.3. The predicted octanol–water partition coefficient (Wildman–Crippen LogP) is 3.51. The van der Waals surface area contributed by atoms with Gasteiger partial charge in [-0.25, -0.2) is 0 Å². The maximum Gasteiger partial charge on any atom is 0.324 e. The summed E-state index contributed by atoms with van der Waals surface area (Å²) in [6, 6.07) is 0. The summed E-state index contributed by atoms with van der Waals surface area (Å²) in [4.78, 5) is 38.3. The number of ether oxygens (including phenoxy) is 3. The van der Waals surface area contributed by atoms with Crippen LogP contribution < -0.4 is 0 Å². The van der Waals surface area contributed by atoms with Crippen molar-refractivity contribution in [1.29, 1.82) is 0 Å². The first kappa shape index (κ1) is 21.1. The highest BCUT2D eigenvalue weighted by molar-refractivity contribution is 6.03. The minimum Gasteiger partial charge on any atom is -0.468 e. The van der Waals surface area contributed by atoms with E-state index in [1.807, 2.05) is 6.92 Å². The predicted molar refractivity (Wildman–Crippen MR) is 102 cm³/mol. The van der Waals surface area contributed by atoms with E-state index in [1.165, 1.54) is 7.11 Å². The van der Waals surface area contributed by atoms with Gasteiger partial charge in [0.15, 0.2) is 5.41 Å². The topological polar surface area (TPSA) is 78.9 Å². The zero-order chi connectivity index (χ0) is 21.3. The van der Waals surface area contributed by atoms with E-state index in [0.29, 0.717) is 19.3 Å². The van der Waals surface area contributed by atoms with Crippen LogP contribution in [0.25, 0.3) is 0 Å². The van der Waals surface area contributed by atoms with Crippen molar-refractivity contribution < 1.29 is 28.6 Å². The lowest BCUT2D eigenvalue weighted by Crippen LogP contribution is -2.49. The number of methoxy groups -OCH3 is 1. The average molecular weight is 395 g/mol. The fourth-order valence-corrected chi connectivity index (χ4v) is 5.57. The Kier molecular flexibility index (Phi) is 4.68. The number of hydrogen-bond acceptors (Lipinski definition) is 6. The molecule has 3 aliphatic rings. The highest BCUT2D eigenvalue weighted by Crippen LogP contribution is 2.63. The summed E-state index contributed by atoms with van der Waals surface area (Å²) in [5, 5.41) is 0. The number of carbonyl (C=O) groups excluding carboxylic acids is 3. The van der Waals surface area contributed by atoms with Crippen LogP contribution in [0.1, 0.15) is 67.7 Å². The molecule has 6 nitrogen and oxygen atoms in total. The molecule has 1 saturated heterocycles. The standard InChI is InChI=1S/C22H34O6/c1-19(2,3)11-21(7,20(4,5)6)16(23)27-14-12-9-13-15(14)28-18(25)22(13,10-12)17(24)26-8/h12-15H,9-11H2,1-8H3.